The molecule has 4 heteroatoms. The predicted molar refractivity (Wildman–Crippen MR) is 66.8 cm³/mol. The smallest absolute Gasteiger partial charge is 0.149 e. The maximum absolute atomic E-state index is 13.3. The third-order valence-electron chi connectivity index (χ3n) is 2.46. The minimum Gasteiger partial charge on any atom is -0.456 e. The molecule has 0 bridgehead atoms. The molecule has 0 aliphatic heterocycles. The van der Waals surface area contributed by atoms with E-state index in [-0.39, 0.29) is 5.69 Å². The maximum Gasteiger partial charge on any atom is 0.149 e. The van der Waals surface area contributed by atoms with E-state index in [1.807, 2.05) is 19.1 Å². The number of hydrogen-bond donors (Lipinski definition) is 1. The normalized spacial score (nSPS) is 9.83. The van der Waals surface area contributed by atoms with Crippen LogP contribution in [0, 0.1) is 24.1 Å². The van der Waals surface area contributed by atoms with Gasteiger partial charge in [0.2, 0.25) is 0 Å². The Balaban J connectivity index is 2.36. The molecule has 90 valence electrons. The number of hydrogen-bond acceptors (Lipinski definition) is 3. The van der Waals surface area contributed by atoms with Crippen molar-refractivity contribution in [3.05, 3.63) is 53.3 Å². The average molecular weight is 242 g/mol. The van der Waals surface area contributed by atoms with Crippen LogP contribution in [0.3, 0.4) is 0 Å². The van der Waals surface area contributed by atoms with Gasteiger partial charge in [-0.15, -0.1) is 0 Å². The van der Waals surface area contributed by atoms with Crippen molar-refractivity contribution >= 4 is 5.69 Å². The van der Waals surface area contributed by atoms with Gasteiger partial charge in [-0.2, -0.15) is 5.26 Å². The Bertz CT molecular complexity index is 632. The van der Waals surface area contributed by atoms with Crippen LogP contribution in [0.5, 0.6) is 11.5 Å². The van der Waals surface area contributed by atoms with Gasteiger partial charge in [-0.25, -0.2) is 4.39 Å². The molecule has 2 aromatic carbocycles. The summed E-state index contributed by atoms with van der Waals surface area (Å²) in [7, 11) is 0. The van der Waals surface area contributed by atoms with Crippen molar-refractivity contribution in [1.82, 2.24) is 0 Å². The number of nitriles is 1. The number of benzene rings is 2. The lowest BCUT2D eigenvalue weighted by atomic mass is 10.1. The molecule has 18 heavy (non-hydrogen) atoms. The molecule has 0 heterocycles. The summed E-state index contributed by atoms with van der Waals surface area (Å²) in [4.78, 5) is 0. The molecule has 0 spiro atoms. The fourth-order valence-electron chi connectivity index (χ4n) is 1.50. The molecular weight excluding hydrogens is 231 g/mol. The van der Waals surface area contributed by atoms with E-state index in [0.717, 1.165) is 5.56 Å². The summed E-state index contributed by atoms with van der Waals surface area (Å²) in [6, 6.07) is 11.4. The molecule has 0 aromatic heterocycles. The lowest BCUT2D eigenvalue weighted by Gasteiger charge is -2.08. The van der Waals surface area contributed by atoms with E-state index >= 15 is 0 Å². The van der Waals surface area contributed by atoms with Gasteiger partial charge in [-0.1, -0.05) is 6.07 Å². The topological polar surface area (TPSA) is 59.0 Å². The van der Waals surface area contributed by atoms with Gasteiger partial charge in [0.25, 0.3) is 0 Å². The van der Waals surface area contributed by atoms with E-state index in [1.165, 1.54) is 12.1 Å². The molecule has 2 N–H and O–H groups in total. The molecule has 3 nitrogen and oxygen atoms in total. The van der Waals surface area contributed by atoms with Crippen molar-refractivity contribution in [2.45, 2.75) is 6.92 Å². The molecule has 0 amide bonds. The number of nitrogens with zero attached hydrogens (tertiary/aromatic N) is 1. The van der Waals surface area contributed by atoms with Gasteiger partial charge in [0.1, 0.15) is 23.4 Å². The number of nitrogen functional groups attached to an aromatic ring is 1. The molecule has 0 aliphatic carbocycles. The van der Waals surface area contributed by atoms with E-state index in [4.69, 9.17) is 15.7 Å². The fraction of sp³-hybridized carbons (Fsp3) is 0.0714. The van der Waals surface area contributed by atoms with Gasteiger partial charge in [-0.05, 0) is 36.8 Å². The fourth-order valence-corrected chi connectivity index (χ4v) is 1.50. The minimum absolute atomic E-state index is 0.0621. The van der Waals surface area contributed by atoms with Crippen LogP contribution in [0.4, 0.5) is 10.1 Å². The van der Waals surface area contributed by atoms with Crippen molar-refractivity contribution in [1.29, 1.82) is 5.26 Å². The lowest BCUT2D eigenvalue weighted by molar-refractivity contribution is 0.475. The van der Waals surface area contributed by atoms with Gasteiger partial charge in [0, 0.05) is 6.07 Å². The van der Waals surface area contributed by atoms with Crippen molar-refractivity contribution in [2.75, 3.05) is 5.73 Å². The van der Waals surface area contributed by atoms with Crippen LogP contribution in [0.1, 0.15) is 11.1 Å². The summed E-state index contributed by atoms with van der Waals surface area (Å²) in [5, 5.41) is 8.96. The highest BCUT2D eigenvalue weighted by Gasteiger charge is 2.07. The van der Waals surface area contributed by atoms with Gasteiger partial charge in [-0.3, -0.25) is 0 Å². The highest BCUT2D eigenvalue weighted by atomic mass is 19.1. The third kappa shape index (κ3) is 2.41. The summed E-state index contributed by atoms with van der Waals surface area (Å²) < 4.78 is 18.8. The first-order chi connectivity index (χ1) is 8.60. The number of ether oxygens (including phenoxy) is 1. The maximum atomic E-state index is 13.3. The summed E-state index contributed by atoms with van der Waals surface area (Å²) in [5.41, 5.74) is 6.80. The summed E-state index contributed by atoms with van der Waals surface area (Å²) in [5.74, 6) is 0.170. The summed E-state index contributed by atoms with van der Waals surface area (Å²) in [6.45, 7) is 1.89. The van der Waals surface area contributed by atoms with Gasteiger partial charge in [0.15, 0.2) is 0 Å². The first-order valence-corrected chi connectivity index (χ1v) is 5.34. The number of halogens is 1. The summed E-state index contributed by atoms with van der Waals surface area (Å²) >= 11 is 0. The second kappa shape index (κ2) is 4.76. The minimum atomic E-state index is -0.543. The number of aryl methyl sites for hydroxylation is 1. The average Bonchev–Trinajstić information content (AvgIpc) is 2.34. The van der Waals surface area contributed by atoms with Crippen LogP contribution in [-0.2, 0) is 0 Å². The predicted octanol–water partition coefficient (Wildman–Crippen LogP) is 3.38. The Hall–Kier alpha value is -2.54. The van der Waals surface area contributed by atoms with Crippen LogP contribution >= 0.6 is 0 Å². The van der Waals surface area contributed by atoms with E-state index in [1.54, 1.807) is 18.2 Å². The van der Waals surface area contributed by atoms with E-state index in [0.29, 0.717) is 17.1 Å². The van der Waals surface area contributed by atoms with E-state index in [2.05, 4.69) is 0 Å². The number of anilines is 1. The Morgan fingerprint density at radius 3 is 2.67 bits per heavy atom. The quantitative estimate of drug-likeness (QED) is 0.821. The van der Waals surface area contributed by atoms with Crippen molar-refractivity contribution in [3.8, 4) is 17.6 Å². The molecule has 0 radical (unpaired) electrons. The Kier molecular flexibility index (Phi) is 3.16. The highest BCUT2D eigenvalue weighted by Crippen LogP contribution is 2.27. The van der Waals surface area contributed by atoms with Gasteiger partial charge in [0.05, 0.1) is 11.3 Å². The molecule has 0 saturated carbocycles. The van der Waals surface area contributed by atoms with Crippen LogP contribution in [0.25, 0.3) is 0 Å². The Morgan fingerprint density at radius 2 is 2.00 bits per heavy atom. The van der Waals surface area contributed by atoms with Gasteiger partial charge >= 0.3 is 0 Å². The van der Waals surface area contributed by atoms with Crippen molar-refractivity contribution in [2.24, 2.45) is 0 Å². The molecular formula is C14H11FN2O. The van der Waals surface area contributed by atoms with Crippen molar-refractivity contribution < 1.29 is 9.13 Å². The third-order valence-corrected chi connectivity index (χ3v) is 2.46. The zero-order chi connectivity index (χ0) is 13.1. The Labute approximate surface area is 104 Å². The standard InChI is InChI=1S/C14H11FN2O/c1-9-2-3-10(8-16)14(6-9)18-11-4-5-13(17)12(15)7-11/h2-7H,17H2,1H3. The zero-order valence-electron chi connectivity index (χ0n) is 9.77. The second-order valence-electron chi connectivity index (χ2n) is 3.90. The van der Waals surface area contributed by atoms with E-state index in [9.17, 15) is 4.39 Å². The lowest BCUT2D eigenvalue weighted by Crippen LogP contribution is -1.93. The molecule has 0 atom stereocenters. The Morgan fingerprint density at radius 1 is 1.22 bits per heavy atom. The molecule has 2 aromatic rings. The largest absolute Gasteiger partial charge is 0.456 e. The first-order valence-electron chi connectivity index (χ1n) is 5.34. The van der Waals surface area contributed by atoms with Crippen LogP contribution in [-0.4, -0.2) is 0 Å². The monoisotopic (exact) mass is 242 g/mol. The van der Waals surface area contributed by atoms with E-state index < -0.39 is 5.82 Å². The highest BCUT2D eigenvalue weighted by molar-refractivity contribution is 5.49. The van der Waals surface area contributed by atoms with Crippen LogP contribution < -0.4 is 10.5 Å². The number of rotatable bonds is 2. The molecule has 0 saturated heterocycles. The van der Waals surface area contributed by atoms with Crippen molar-refractivity contribution in [3.63, 3.8) is 0 Å². The zero-order valence-corrected chi connectivity index (χ0v) is 9.77. The molecule has 0 fully saturated rings. The van der Waals surface area contributed by atoms with Crippen LogP contribution in [0.2, 0.25) is 0 Å². The molecule has 0 unspecified atom stereocenters. The second-order valence-corrected chi connectivity index (χ2v) is 3.90. The number of nitrogens with two attached hydrogens (primary N) is 1. The molecule has 2 rings (SSSR count). The SMILES string of the molecule is Cc1ccc(C#N)c(Oc2ccc(N)c(F)c2)c1. The van der Waals surface area contributed by atoms with Crippen LogP contribution in [0.15, 0.2) is 36.4 Å². The molecule has 0 aliphatic rings. The van der Waals surface area contributed by atoms with Gasteiger partial charge < -0.3 is 10.5 Å². The first kappa shape index (κ1) is 11.9. The summed E-state index contributed by atoms with van der Waals surface area (Å²) in [6.07, 6.45) is 0.